The van der Waals surface area contributed by atoms with Crippen LogP contribution in [-0.4, -0.2) is 183 Å². The van der Waals surface area contributed by atoms with Gasteiger partial charge in [0.15, 0.2) is 11.9 Å². The van der Waals surface area contributed by atoms with Crippen LogP contribution in [0.4, 0.5) is 17.6 Å². The Morgan fingerprint density at radius 3 is 1.15 bits per heavy atom. The first-order valence-electron chi connectivity index (χ1n) is 45.0. The van der Waals surface area contributed by atoms with E-state index in [4.69, 9.17) is 22.9 Å². The van der Waals surface area contributed by atoms with Gasteiger partial charge in [-0.1, -0.05) is 237 Å². The summed E-state index contributed by atoms with van der Waals surface area (Å²) in [7, 11) is 0. The lowest BCUT2D eigenvalue weighted by atomic mass is 9.89. The summed E-state index contributed by atoms with van der Waals surface area (Å²) >= 11 is 0. The third kappa shape index (κ3) is 30.0. The van der Waals surface area contributed by atoms with E-state index in [-0.39, 0.29) is 102 Å². The smallest absolute Gasteiger partial charge is 0.370 e. The van der Waals surface area contributed by atoms with Gasteiger partial charge in [-0.25, -0.2) is 4.39 Å². The first-order chi connectivity index (χ1) is 63.1. The van der Waals surface area contributed by atoms with Crippen molar-refractivity contribution < 1.29 is 46.3 Å². The van der Waals surface area contributed by atoms with Crippen LogP contribution in [0.15, 0.2) is 295 Å². The maximum Gasteiger partial charge on any atom is 0.416 e. The quantitative estimate of drug-likeness (QED) is 0.00599. The van der Waals surface area contributed by atoms with E-state index in [0.29, 0.717) is 121 Å². The van der Waals surface area contributed by atoms with Crippen LogP contribution in [0, 0.1) is 11.7 Å². The summed E-state index contributed by atoms with van der Waals surface area (Å²) in [6, 6.07) is 84.6. The molecule has 26 heteroatoms. The summed E-state index contributed by atoms with van der Waals surface area (Å²) in [4.78, 5) is 94.4. The minimum atomic E-state index is -4.42. The summed E-state index contributed by atoms with van der Waals surface area (Å²) in [5.74, 6) is -0.244. The highest BCUT2D eigenvalue weighted by Gasteiger charge is 2.38. The Morgan fingerprint density at radius 2 is 0.769 bits per heavy atom. The molecule has 15 N–H and O–H groups in total. The molecule has 0 saturated carbocycles. The van der Waals surface area contributed by atoms with E-state index in [2.05, 4.69) is 155 Å². The number of amides is 6. The third-order valence-corrected chi connectivity index (χ3v) is 24.2. The average Bonchev–Trinajstić information content (AvgIpc) is 1.60. The highest BCUT2D eigenvalue weighted by molar-refractivity contribution is 5.99. The zero-order valence-corrected chi connectivity index (χ0v) is 73.3. The van der Waals surface area contributed by atoms with Crippen LogP contribution in [0.3, 0.4) is 0 Å². The lowest BCUT2D eigenvalue weighted by Gasteiger charge is -2.31. The van der Waals surface area contributed by atoms with Gasteiger partial charge in [0.1, 0.15) is 5.82 Å². The SMILES string of the molecule is NC(N)=NCCC[C@@H]1N[C@H](CNC(=O)/C=C/c2ccc(C(F)(F)F)cc2)CCN(CC(c2ccccc2)c2ccccc2)C1=O.NC(N)=NCCC[C@@H]1N[C@H](CNC(=O)/C=C/c2ccc(F)cc2)CCN(CC(c2ccccc2)c2ccccc2)C1=O.O=C(NCC1CCN(CC(c2ccccc2)c2ccccc2)C(=O)C(CC2CCNCC2)N1)c1ccc2ccccc2c1. The lowest BCUT2D eigenvalue weighted by Crippen LogP contribution is -2.50. The number of halogens is 4. The number of nitrogens with two attached hydrogens (primary N) is 4. The van der Waals surface area contributed by atoms with Crippen molar-refractivity contribution in [2.24, 2.45) is 38.8 Å². The van der Waals surface area contributed by atoms with Crippen molar-refractivity contribution in [3.8, 4) is 0 Å². The van der Waals surface area contributed by atoms with Crippen LogP contribution in [0.1, 0.15) is 142 Å². The molecule has 130 heavy (non-hydrogen) atoms. The maximum absolute atomic E-state index is 14.2. The number of carbonyl (C=O) groups excluding carboxylic acids is 6. The highest BCUT2D eigenvalue weighted by Crippen LogP contribution is 2.34. The number of alkyl halides is 3. The van der Waals surface area contributed by atoms with E-state index in [1.807, 2.05) is 131 Å². The van der Waals surface area contributed by atoms with Crippen LogP contribution in [0.25, 0.3) is 22.9 Å². The fourth-order valence-electron chi connectivity index (χ4n) is 17.2. The first-order valence-corrected chi connectivity index (χ1v) is 45.0. The molecule has 0 aliphatic carbocycles. The van der Waals surface area contributed by atoms with Crippen LogP contribution in [-0.2, 0) is 30.1 Å². The number of hydrogen-bond donors (Lipinski definition) is 11. The van der Waals surface area contributed by atoms with Gasteiger partial charge in [0, 0.05) is 126 Å². The molecule has 10 aromatic carbocycles. The Kier molecular flexibility index (Phi) is 36.5. The summed E-state index contributed by atoms with van der Waals surface area (Å²) in [6.45, 7) is 7.31. The van der Waals surface area contributed by atoms with Crippen molar-refractivity contribution in [3.05, 3.63) is 347 Å². The third-order valence-electron chi connectivity index (χ3n) is 24.2. The molecule has 4 heterocycles. The second kappa shape index (κ2) is 49.4. The molecule has 14 rings (SSSR count). The van der Waals surface area contributed by atoms with Gasteiger partial charge in [-0.15, -0.1) is 0 Å². The molecule has 6 amide bonds. The fourth-order valence-corrected chi connectivity index (χ4v) is 17.2. The van der Waals surface area contributed by atoms with Crippen LogP contribution < -0.4 is 60.2 Å². The summed E-state index contributed by atoms with van der Waals surface area (Å²) in [5.41, 5.74) is 30.0. The molecule has 4 fully saturated rings. The van der Waals surface area contributed by atoms with Gasteiger partial charge in [0.2, 0.25) is 29.5 Å². The lowest BCUT2D eigenvalue weighted by molar-refractivity contribution is -0.137. The topological polar surface area (TPSA) is 325 Å². The van der Waals surface area contributed by atoms with Gasteiger partial charge in [0.25, 0.3) is 5.91 Å². The van der Waals surface area contributed by atoms with Crippen molar-refractivity contribution in [1.29, 1.82) is 0 Å². The number of fused-ring (bicyclic) bond motifs is 1. The van der Waals surface area contributed by atoms with Crippen molar-refractivity contribution >= 4 is 70.3 Å². The number of nitrogens with one attached hydrogen (secondary N) is 7. The normalized spacial score (nSPS) is 18.1. The highest BCUT2D eigenvalue weighted by atomic mass is 19.4. The molecular formula is C104H120F4N16O6. The maximum atomic E-state index is 14.2. The van der Waals surface area contributed by atoms with Gasteiger partial charge in [-0.05, 0) is 187 Å². The predicted octanol–water partition coefficient (Wildman–Crippen LogP) is 13.0. The molecule has 0 bridgehead atoms. The number of hydrogen-bond acceptors (Lipinski definition) is 12. The molecule has 4 saturated heterocycles. The number of benzene rings is 10. The molecule has 22 nitrogen and oxygen atoms in total. The van der Waals surface area contributed by atoms with Gasteiger partial charge in [-0.2, -0.15) is 13.2 Å². The van der Waals surface area contributed by atoms with Gasteiger partial charge in [-0.3, -0.25) is 38.8 Å². The number of guanidine groups is 2. The van der Waals surface area contributed by atoms with Gasteiger partial charge >= 0.3 is 6.18 Å². The zero-order valence-electron chi connectivity index (χ0n) is 73.3. The second-order valence-electron chi connectivity index (χ2n) is 33.5. The fraction of sp³-hybridized carbons (Fsp3) is 0.327. The Labute approximate surface area is 759 Å². The van der Waals surface area contributed by atoms with Crippen molar-refractivity contribution in [1.82, 2.24) is 51.9 Å². The van der Waals surface area contributed by atoms with E-state index in [9.17, 15) is 46.3 Å². The van der Waals surface area contributed by atoms with Crippen molar-refractivity contribution in [2.75, 3.05) is 85.1 Å². The summed E-state index contributed by atoms with van der Waals surface area (Å²) < 4.78 is 51.6. The predicted molar refractivity (Wildman–Crippen MR) is 508 cm³/mol. The molecule has 4 aliphatic rings. The number of carbonyl (C=O) groups is 6. The molecule has 4 aliphatic heterocycles. The van der Waals surface area contributed by atoms with Gasteiger partial charge < -0.3 is 74.9 Å². The van der Waals surface area contributed by atoms with Crippen LogP contribution in [0.5, 0.6) is 0 Å². The Hall–Kier alpha value is -13.1. The number of aliphatic imine (C=N–C) groups is 2. The Balaban J connectivity index is 0.000000177. The molecule has 2 unspecified atom stereocenters. The molecular weight excluding hydrogens is 1650 g/mol. The van der Waals surface area contributed by atoms with Crippen LogP contribution >= 0.6 is 0 Å². The van der Waals surface area contributed by atoms with E-state index >= 15 is 0 Å². The first kappa shape index (κ1) is 96.0. The van der Waals surface area contributed by atoms with E-state index < -0.39 is 23.8 Å². The standard InChI is InChI=1S/C37H42N4O2.C34H39F3N6O2.C33H39FN6O2/c42-36(32-16-15-28-9-7-8-14-31(28)24-32)39-25-33-19-22-41(37(43)35(40-33)23-27-17-20-38-21-18-27)26-34(29-10-3-1-4-11-29)30-12-5-2-6-13-30;35-34(36,37)27-16-13-24(14-17-27)15-18-31(44)41-22-28-19-21-43(32(45)30(42-28)12-7-20-40-33(38)39)23-29(25-8-3-1-4-9-25)26-10-5-2-6-11-26;34-27-16-13-24(14-17-27)15-18-31(41)38-22-28-19-21-40(32(42)30(39-28)12-7-20-37-33(35)36)23-29(25-8-3-1-4-9-25)26-10-5-2-6-11-26/h1-16,24,27,33-35,38,40H,17-23,25-26H2,(H,39,42);1-6,8-11,13-18,28-30,42H,7,12,19-23H2,(H,41,44)(H4,38,39,40);1-6,8-11,13-18,28-30,39H,7,12,19-23H2,(H,38,41)(H4,35,36,37)/b;2*18-15+/t;2*28-,30-/m.00/s1. The largest absolute Gasteiger partial charge is 0.416 e. The number of nitrogens with zero attached hydrogens (tertiary/aromatic N) is 5. The Morgan fingerprint density at radius 1 is 0.423 bits per heavy atom. The molecule has 10 aromatic rings. The minimum Gasteiger partial charge on any atom is -0.370 e. The van der Waals surface area contributed by atoms with Crippen molar-refractivity contribution in [3.63, 3.8) is 0 Å². The zero-order chi connectivity index (χ0) is 91.4. The molecule has 0 radical (unpaired) electrons. The number of rotatable bonds is 33. The molecule has 680 valence electrons. The molecule has 0 spiro atoms. The van der Waals surface area contributed by atoms with E-state index in [0.717, 1.165) is 89.5 Å². The van der Waals surface area contributed by atoms with Crippen molar-refractivity contribution in [2.45, 2.75) is 124 Å². The summed E-state index contributed by atoms with van der Waals surface area (Å²) in [6.07, 6.45) is 8.74. The minimum absolute atomic E-state index is 0.00437. The van der Waals surface area contributed by atoms with E-state index in [1.165, 1.54) is 53.6 Å². The van der Waals surface area contributed by atoms with Crippen LogP contribution in [0.2, 0.25) is 0 Å². The second-order valence-corrected chi connectivity index (χ2v) is 33.5. The number of piperidine rings is 1. The Bertz CT molecular complexity index is 5230. The molecule has 6 atom stereocenters. The molecule has 0 aromatic heterocycles. The summed E-state index contributed by atoms with van der Waals surface area (Å²) in [5, 5.41) is 25.2. The van der Waals surface area contributed by atoms with Gasteiger partial charge in [0.05, 0.1) is 23.7 Å². The average molecular weight is 1770 g/mol. The monoisotopic (exact) mass is 1760 g/mol. The van der Waals surface area contributed by atoms with E-state index in [1.54, 1.807) is 18.2 Å².